The number of hydrogen-bond donors (Lipinski definition) is 0. The Morgan fingerprint density at radius 1 is 1.65 bits per heavy atom. The highest BCUT2D eigenvalue weighted by molar-refractivity contribution is 6.62. The van der Waals surface area contributed by atoms with E-state index in [0.717, 1.165) is 5.46 Å². The van der Waals surface area contributed by atoms with E-state index in [-0.39, 0.29) is 5.97 Å². The number of carbonyl (C=O) groups is 1. The highest BCUT2D eigenvalue weighted by Crippen LogP contribution is 2.29. The first-order chi connectivity index (χ1) is 9.35. The smallest absolute Gasteiger partial charge is 0.534 e. The van der Waals surface area contributed by atoms with E-state index >= 15 is 0 Å². The monoisotopic (exact) mass is 278 g/mol. The lowest BCUT2D eigenvalue weighted by molar-refractivity contribution is -0.146. The summed E-state index contributed by atoms with van der Waals surface area (Å²) >= 11 is 0. The molecule has 1 aliphatic heterocycles. The minimum atomic E-state index is -0.541. The van der Waals surface area contributed by atoms with Crippen LogP contribution in [0.4, 0.5) is 0 Å². The molecule has 6 nitrogen and oxygen atoms in total. The molecule has 0 bridgehead atoms. The van der Waals surface area contributed by atoms with Crippen molar-refractivity contribution >= 4 is 18.6 Å². The van der Waals surface area contributed by atoms with Gasteiger partial charge in [0.25, 0.3) is 0 Å². The number of hydrogen-bond acceptors (Lipinski definition) is 5. The van der Waals surface area contributed by atoms with Crippen LogP contribution in [0, 0.1) is 0 Å². The molecule has 0 N–H and O–H groups in total. The van der Waals surface area contributed by atoms with Crippen molar-refractivity contribution in [2.75, 3.05) is 6.61 Å². The van der Waals surface area contributed by atoms with Crippen molar-refractivity contribution in [1.29, 1.82) is 0 Å². The van der Waals surface area contributed by atoms with Crippen molar-refractivity contribution in [3.05, 3.63) is 24.7 Å². The van der Waals surface area contributed by atoms with Gasteiger partial charge in [-0.15, -0.1) is 0 Å². The van der Waals surface area contributed by atoms with E-state index in [0.29, 0.717) is 12.4 Å². The van der Waals surface area contributed by atoms with Crippen LogP contribution in [0.2, 0.25) is 0 Å². The summed E-state index contributed by atoms with van der Waals surface area (Å²) in [4.78, 5) is 11.7. The minimum Gasteiger partial charge on any atom is -0.534 e. The molecular weight excluding hydrogens is 259 g/mol. The summed E-state index contributed by atoms with van der Waals surface area (Å²) in [6, 6.07) is -0.485. The molecule has 2 heterocycles. The molecule has 20 heavy (non-hydrogen) atoms. The van der Waals surface area contributed by atoms with Crippen LogP contribution in [0.3, 0.4) is 0 Å². The van der Waals surface area contributed by atoms with E-state index < -0.39 is 18.8 Å². The molecule has 1 aliphatic rings. The molecule has 0 radical (unpaired) electrons. The normalized spacial score (nSPS) is 18.8. The molecule has 0 aromatic carbocycles. The predicted molar refractivity (Wildman–Crippen MR) is 74.3 cm³/mol. The number of nitrogens with zero attached hydrogens (tertiary/aromatic N) is 2. The average molecular weight is 278 g/mol. The second-order valence-electron chi connectivity index (χ2n) is 5.18. The molecule has 108 valence electrons. The largest absolute Gasteiger partial charge is 0.566 e. The topological polar surface area (TPSA) is 62.6 Å². The van der Waals surface area contributed by atoms with E-state index in [4.69, 9.17) is 14.0 Å². The standard InChI is InChI=1S/C13H19BN2O4/c1-6-18-12(17)9(2)16-8-11(7-15-16)14-19-10(3)13(4,5)20-14/h7-9H,3,6H2,1-2,4-5H3. The fourth-order valence-corrected chi connectivity index (χ4v) is 1.82. The number of esters is 1. The van der Waals surface area contributed by atoms with Crippen LogP contribution in [-0.4, -0.2) is 35.1 Å². The Bertz CT molecular complexity index is 526. The molecule has 2 rings (SSSR count). The maximum Gasteiger partial charge on any atom is 0.566 e. The summed E-state index contributed by atoms with van der Waals surface area (Å²) in [7, 11) is -0.541. The van der Waals surface area contributed by atoms with Gasteiger partial charge in [0.1, 0.15) is 11.6 Å². The second kappa shape index (κ2) is 5.32. The second-order valence-corrected chi connectivity index (χ2v) is 5.18. The zero-order valence-corrected chi connectivity index (χ0v) is 12.3. The fraction of sp³-hybridized carbons (Fsp3) is 0.538. The van der Waals surface area contributed by atoms with Gasteiger partial charge in [0, 0.05) is 11.7 Å². The van der Waals surface area contributed by atoms with Crippen molar-refractivity contribution in [2.45, 2.75) is 39.3 Å². The van der Waals surface area contributed by atoms with Gasteiger partial charge in [0.2, 0.25) is 0 Å². The Labute approximate surface area is 118 Å². The molecule has 0 aliphatic carbocycles. The first kappa shape index (κ1) is 14.6. The molecule has 1 saturated heterocycles. The lowest BCUT2D eigenvalue weighted by atomic mass is 9.82. The van der Waals surface area contributed by atoms with Crippen molar-refractivity contribution in [3.8, 4) is 0 Å². The zero-order valence-electron chi connectivity index (χ0n) is 12.3. The third kappa shape index (κ3) is 2.72. The van der Waals surface area contributed by atoms with Crippen LogP contribution in [0.5, 0.6) is 0 Å². The Balaban J connectivity index is 2.10. The lowest BCUT2D eigenvalue weighted by Crippen LogP contribution is -2.33. The third-order valence-electron chi connectivity index (χ3n) is 3.24. The van der Waals surface area contributed by atoms with Crippen LogP contribution in [0.25, 0.3) is 0 Å². The van der Waals surface area contributed by atoms with E-state index in [9.17, 15) is 4.79 Å². The van der Waals surface area contributed by atoms with Crippen molar-refractivity contribution in [1.82, 2.24) is 9.78 Å². The predicted octanol–water partition coefficient (Wildman–Crippen LogP) is 1.04. The first-order valence-corrected chi connectivity index (χ1v) is 6.59. The zero-order chi connectivity index (χ0) is 14.9. The Kier molecular flexibility index (Phi) is 3.90. The van der Waals surface area contributed by atoms with Gasteiger partial charge in [0.15, 0.2) is 0 Å². The van der Waals surface area contributed by atoms with Crippen molar-refractivity contribution in [3.63, 3.8) is 0 Å². The van der Waals surface area contributed by atoms with Crippen LogP contribution >= 0.6 is 0 Å². The van der Waals surface area contributed by atoms with Gasteiger partial charge < -0.3 is 14.0 Å². The molecular formula is C13H19BN2O4. The highest BCUT2D eigenvalue weighted by Gasteiger charge is 2.43. The maximum absolute atomic E-state index is 11.7. The van der Waals surface area contributed by atoms with E-state index in [1.54, 1.807) is 26.2 Å². The van der Waals surface area contributed by atoms with Gasteiger partial charge in [-0.3, -0.25) is 4.68 Å². The number of rotatable bonds is 4. The SMILES string of the molecule is C=C1OB(c2cnn(C(C)C(=O)OCC)c2)OC1(C)C. The summed E-state index contributed by atoms with van der Waals surface area (Å²) in [5.74, 6) is 0.258. The number of ether oxygens (including phenoxy) is 1. The quantitative estimate of drug-likeness (QED) is 0.608. The van der Waals surface area contributed by atoms with E-state index in [2.05, 4.69) is 11.7 Å². The van der Waals surface area contributed by atoms with E-state index in [1.807, 2.05) is 13.8 Å². The van der Waals surface area contributed by atoms with Crippen LogP contribution in [0.15, 0.2) is 24.7 Å². The van der Waals surface area contributed by atoms with Gasteiger partial charge >= 0.3 is 13.1 Å². The minimum absolute atomic E-state index is 0.319. The average Bonchev–Trinajstić information content (AvgIpc) is 2.95. The summed E-state index contributed by atoms with van der Waals surface area (Å²) in [6.45, 7) is 11.5. The van der Waals surface area contributed by atoms with E-state index in [1.165, 1.54) is 4.68 Å². The first-order valence-electron chi connectivity index (χ1n) is 6.59. The maximum atomic E-state index is 11.7. The number of aromatic nitrogens is 2. The molecule has 0 saturated carbocycles. The van der Waals surface area contributed by atoms with Crippen LogP contribution in [-0.2, 0) is 18.8 Å². The van der Waals surface area contributed by atoms with Crippen LogP contribution in [0.1, 0.15) is 33.7 Å². The van der Waals surface area contributed by atoms with Crippen molar-refractivity contribution in [2.24, 2.45) is 0 Å². The molecule has 1 atom stereocenters. The molecule has 1 unspecified atom stereocenters. The summed E-state index contributed by atoms with van der Waals surface area (Å²) in [6.07, 6.45) is 3.34. The Hall–Kier alpha value is -1.76. The molecule has 7 heteroatoms. The molecule has 1 aromatic rings. The fourth-order valence-electron chi connectivity index (χ4n) is 1.82. The summed E-state index contributed by atoms with van der Waals surface area (Å²) in [5.41, 5.74) is 0.215. The van der Waals surface area contributed by atoms with Gasteiger partial charge in [0.05, 0.1) is 18.6 Å². The lowest BCUT2D eigenvalue weighted by Gasteiger charge is -2.15. The van der Waals surface area contributed by atoms with Gasteiger partial charge in [-0.25, -0.2) is 4.79 Å². The van der Waals surface area contributed by atoms with Gasteiger partial charge in [-0.1, -0.05) is 6.58 Å². The molecule has 0 amide bonds. The van der Waals surface area contributed by atoms with Crippen LogP contribution < -0.4 is 5.46 Å². The Morgan fingerprint density at radius 2 is 2.35 bits per heavy atom. The molecule has 1 fully saturated rings. The van der Waals surface area contributed by atoms with Crippen molar-refractivity contribution < 1.29 is 18.8 Å². The van der Waals surface area contributed by atoms with Gasteiger partial charge in [-0.05, 0) is 27.7 Å². The highest BCUT2D eigenvalue weighted by atomic mass is 16.7. The summed E-state index contributed by atoms with van der Waals surface area (Å²) < 4.78 is 17.8. The molecule has 1 aromatic heterocycles. The summed E-state index contributed by atoms with van der Waals surface area (Å²) in [5, 5.41) is 4.16. The Morgan fingerprint density at radius 3 is 2.90 bits per heavy atom. The number of carbonyl (C=O) groups excluding carboxylic acids is 1. The molecule has 0 spiro atoms. The van der Waals surface area contributed by atoms with Gasteiger partial charge in [-0.2, -0.15) is 5.10 Å². The third-order valence-corrected chi connectivity index (χ3v) is 3.24.